The lowest BCUT2D eigenvalue weighted by atomic mass is 10.3. The number of aliphatic carboxylic acids is 1. The van der Waals surface area contributed by atoms with E-state index in [9.17, 15) is 9.59 Å². The van der Waals surface area contributed by atoms with Gasteiger partial charge in [0.05, 0.1) is 0 Å². The van der Waals surface area contributed by atoms with E-state index in [0.717, 1.165) is 6.26 Å². The normalized spacial score (nSPS) is 10.5. The third-order valence-corrected chi connectivity index (χ3v) is 1.41. The molecule has 0 spiro atoms. The Bertz CT molecular complexity index is 369. The first-order chi connectivity index (χ1) is 7.24. The third-order valence-electron chi connectivity index (χ3n) is 1.41. The highest BCUT2D eigenvalue weighted by Crippen LogP contribution is 2.12. The van der Waals surface area contributed by atoms with E-state index in [4.69, 9.17) is 9.84 Å². The van der Waals surface area contributed by atoms with Crippen molar-refractivity contribution in [1.29, 1.82) is 0 Å². The van der Waals surface area contributed by atoms with Crippen LogP contribution in [0.15, 0.2) is 42.4 Å². The molecule has 1 aromatic carbocycles. The van der Waals surface area contributed by atoms with Gasteiger partial charge in [0.15, 0.2) is 0 Å². The minimum Gasteiger partial charge on any atom is -0.475 e. The average Bonchev–Trinajstić information content (AvgIpc) is 2.25. The summed E-state index contributed by atoms with van der Waals surface area (Å²) in [5.41, 5.74) is 0. The summed E-state index contributed by atoms with van der Waals surface area (Å²) in [7, 11) is 0. The SMILES string of the molecule is O=CO/C=C(\Oc1ccccc1)C(=O)O. The molecule has 0 aliphatic heterocycles. The Balaban J connectivity index is 2.76. The Morgan fingerprint density at radius 2 is 1.93 bits per heavy atom. The summed E-state index contributed by atoms with van der Waals surface area (Å²) in [6.07, 6.45) is 0.725. The quantitative estimate of drug-likeness (QED) is 0.446. The average molecular weight is 208 g/mol. The van der Waals surface area contributed by atoms with Crippen LogP contribution in [0.2, 0.25) is 0 Å². The van der Waals surface area contributed by atoms with Gasteiger partial charge in [-0.1, -0.05) is 18.2 Å². The molecule has 15 heavy (non-hydrogen) atoms. The Labute approximate surface area is 85.5 Å². The van der Waals surface area contributed by atoms with Gasteiger partial charge in [-0.2, -0.15) is 0 Å². The predicted octanol–water partition coefficient (Wildman–Crippen LogP) is 1.16. The lowest BCUT2D eigenvalue weighted by Crippen LogP contribution is -2.08. The minimum atomic E-state index is -1.32. The van der Waals surface area contributed by atoms with E-state index >= 15 is 0 Å². The summed E-state index contributed by atoms with van der Waals surface area (Å²) < 4.78 is 9.14. The van der Waals surface area contributed by atoms with E-state index in [1.807, 2.05) is 0 Å². The number of hydrogen-bond donors (Lipinski definition) is 1. The molecule has 0 aromatic heterocycles. The van der Waals surface area contributed by atoms with Crippen molar-refractivity contribution in [2.75, 3.05) is 0 Å². The highest BCUT2D eigenvalue weighted by Gasteiger charge is 2.10. The van der Waals surface area contributed by atoms with E-state index in [1.54, 1.807) is 30.3 Å². The van der Waals surface area contributed by atoms with Crippen LogP contribution in [0.1, 0.15) is 0 Å². The number of rotatable bonds is 5. The summed E-state index contributed by atoms with van der Waals surface area (Å²) in [5.74, 6) is -1.44. The van der Waals surface area contributed by atoms with Crippen LogP contribution < -0.4 is 4.74 Å². The molecular weight excluding hydrogens is 200 g/mol. The largest absolute Gasteiger partial charge is 0.475 e. The molecule has 1 aromatic rings. The molecule has 0 bridgehead atoms. The van der Waals surface area contributed by atoms with Crippen molar-refractivity contribution < 1.29 is 24.2 Å². The van der Waals surface area contributed by atoms with Crippen LogP contribution in [-0.2, 0) is 14.3 Å². The van der Waals surface area contributed by atoms with Crippen molar-refractivity contribution in [3.8, 4) is 5.75 Å². The van der Waals surface area contributed by atoms with Gasteiger partial charge in [-0.05, 0) is 12.1 Å². The lowest BCUT2D eigenvalue weighted by Gasteiger charge is -2.04. The topological polar surface area (TPSA) is 72.8 Å². The molecule has 0 atom stereocenters. The second-order valence-corrected chi connectivity index (χ2v) is 2.43. The maximum atomic E-state index is 10.6. The van der Waals surface area contributed by atoms with Crippen molar-refractivity contribution in [3.05, 3.63) is 42.4 Å². The molecule has 0 fully saturated rings. The third kappa shape index (κ3) is 3.51. The molecule has 78 valence electrons. The number of carbonyl (C=O) groups excluding carboxylic acids is 1. The molecule has 5 nitrogen and oxygen atoms in total. The molecule has 0 saturated heterocycles. The van der Waals surface area contributed by atoms with Crippen molar-refractivity contribution >= 4 is 12.4 Å². The zero-order valence-electron chi connectivity index (χ0n) is 7.62. The molecule has 0 radical (unpaired) electrons. The fourth-order valence-electron chi connectivity index (χ4n) is 0.823. The summed E-state index contributed by atoms with van der Waals surface area (Å²) in [6, 6.07) is 8.30. The van der Waals surface area contributed by atoms with E-state index < -0.39 is 11.7 Å². The van der Waals surface area contributed by atoms with Gasteiger partial charge in [-0.25, -0.2) is 4.79 Å². The standard InChI is InChI=1S/C10H8O5/c11-7-14-6-9(10(12)13)15-8-4-2-1-3-5-8/h1-7H,(H,12,13)/b9-6-. The summed E-state index contributed by atoms with van der Waals surface area (Å²) in [6.45, 7) is 0.108. The Morgan fingerprint density at radius 3 is 2.47 bits per heavy atom. The van der Waals surface area contributed by atoms with Crippen LogP contribution in [0.25, 0.3) is 0 Å². The Morgan fingerprint density at radius 1 is 1.27 bits per heavy atom. The first-order valence-corrected chi connectivity index (χ1v) is 3.99. The number of benzene rings is 1. The first kappa shape index (κ1) is 10.8. The van der Waals surface area contributed by atoms with Crippen molar-refractivity contribution in [2.24, 2.45) is 0 Å². The highest BCUT2D eigenvalue weighted by molar-refractivity contribution is 5.84. The highest BCUT2D eigenvalue weighted by atomic mass is 16.5. The maximum Gasteiger partial charge on any atom is 0.375 e. The number of hydrogen-bond acceptors (Lipinski definition) is 4. The second-order valence-electron chi connectivity index (χ2n) is 2.43. The molecule has 1 N–H and O–H groups in total. The minimum absolute atomic E-state index is 0.108. The molecule has 0 unspecified atom stereocenters. The van der Waals surface area contributed by atoms with E-state index in [-0.39, 0.29) is 6.47 Å². The summed E-state index contributed by atoms with van der Waals surface area (Å²) >= 11 is 0. The van der Waals surface area contributed by atoms with Crippen LogP contribution in [0.4, 0.5) is 0 Å². The van der Waals surface area contributed by atoms with Gasteiger partial charge in [0.2, 0.25) is 5.76 Å². The van der Waals surface area contributed by atoms with Crippen LogP contribution in [0.3, 0.4) is 0 Å². The molecular formula is C10H8O5. The van der Waals surface area contributed by atoms with Gasteiger partial charge >= 0.3 is 5.97 Å². The number of carbonyl (C=O) groups is 2. The van der Waals surface area contributed by atoms with Crippen LogP contribution in [0.5, 0.6) is 5.75 Å². The summed E-state index contributed by atoms with van der Waals surface area (Å²) in [4.78, 5) is 20.5. The molecule has 0 aliphatic carbocycles. The van der Waals surface area contributed by atoms with Crippen molar-refractivity contribution in [3.63, 3.8) is 0 Å². The maximum absolute atomic E-state index is 10.6. The Hall–Kier alpha value is -2.30. The van der Waals surface area contributed by atoms with E-state index in [1.165, 1.54) is 0 Å². The molecule has 5 heteroatoms. The molecule has 0 amide bonds. The predicted molar refractivity (Wildman–Crippen MR) is 49.9 cm³/mol. The smallest absolute Gasteiger partial charge is 0.375 e. The van der Waals surface area contributed by atoms with E-state index in [2.05, 4.69) is 4.74 Å². The van der Waals surface area contributed by atoms with Crippen LogP contribution >= 0.6 is 0 Å². The first-order valence-electron chi connectivity index (χ1n) is 3.99. The van der Waals surface area contributed by atoms with Gasteiger partial charge in [0.1, 0.15) is 12.0 Å². The van der Waals surface area contributed by atoms with Crippen molar-refractivity contribution in [1.82, 2.24) is 0 Å². The summed E-state index contributed by atoms with van der Waals surface area (Å²) in [5, 5.41) is 8.67. The number of para-hydroxylation sites is 1. The molecule has 0 saturated carbocycles. The fourth-order valence-corrected chi connectivity index (χ4v) is 0.823. The molecule has 1 rings (SSSR count). The van der Waals surface area contributed by atoms with Gasteiger partial charge in [0, 0.05) is 0 Å². The monoisotopic (exact) mass is 208 g/mol. The van der Waals surface area contributed by atoms with Crippen molar-refractivity contribution in [2.45, 2.75) is 0 Å². The zero-order valence-corrected chi connectivity index (χ0v) is 7.62. The van der Waals surface area contributed by atoms with Crippen LogP contribution in [-0.4, -0.2) is 17.5 Å². The zero-order chi connectivity index (χ0) is 11.1. The van der Waals surface area contributed by atoms with Gasteiger partial charge < -0.3 is 14.6 Å². The lowest BCUT2D eigenvalue weighted by molar-refractivity contribution is -0.135. The fraction of sp³-hybridized carbons (Fsp3) is 0. The number of ether oxygens (including phenoxy) is 2. The molecule has 0 aliphatic rings. The number of carboxylic acids is 1. The molecule has 0 heterocycles. The van der Waals surface area contributed by atoms with Gasteiger partial charge in [-0.15, -0.1) is 0 Å². The van der Waals surface area contributed by atoms with E-state index in [0.29, 0.717) is 5.75 Å². The van der Waals surface area contributed by atoms with Crippen LogP contribution in [0, 0.1) is 0 Å². The Kier molecular flexibility index (Phi) is 3.91. The second kappa shape index (κ2) is 5.43. The van der Waals surface area contributed by atoms with Gasteiger partial charge in [0.25, 0.3) is 6.47 Å². The van der Waals surface area contributed by atoms with Gasteiger partial charge in [-0.3, -0.25) is 4.79 Å². The number of carboxylic acid groups (broad SMARTS) is 1.